The van der Waals surface area contributed by atoms with E-state index in [9.17, 15) is 13.2 Å². The van der Waals surface area contributed by atoms with Crippen LogP contribution in [0.3, 0.4) is 0 Å². The van der Waals surface area contributed by atoms with Gasteiger partial charge in [-0.25, -0.2) is 13.2 Å². The van der Waals surface area contributed by atoms with Crippen molar-refractivity contribution in [2.75, 3.05) is 5.73 Å². The van der Waals surface area contributed by atoms with Crippen molar-refractivity contribution in [2.24, 2.45) is 0 Å². The summed E-state index contributed by atoms with van der Waals surface area (Å²) in [5, 5.41) is 0. The molecule has 0 aliphatic heterocycles. The molecule has 0 bridgehead atoms. The maximum atomic E-state index is 13.2. The third kappa shape index (κ3) is 2.74. The summed E-state index contributed by atoms with van der Waals surface area (Å²) < 4.78 is 44.3. The summed E-state index contributed by atoms with van der Waals surface area (Å²) in [5.41, 5.74) is 5.82. The number of nitrogen functional groups attached to an aromatic ring is 1. The number of rotatable bonds is 3. The molecule has 0 unspecified atom stereocenters. The second-order valence-corrected chi connectivity index (χ2v) is 3.72. The average Bonchev–Trinajstić information content (AvgIpc) is 2.34. The quantitative estimate of drug-likeness (QED) is 0.852. The Morgan fingerprint density at radius 3 is 2.44 bits per heavy atom. The Morgan fingerprint density at radius 1 is 0.944 bits per heavy atom. The molecule has 0 fully saturated rings. The van der Waals surface area contributed by atoms with Crippen LogP contribution in [0.5, 0.6) is 5.75 Å². The first-order valence-corrected chi connectivity index (χ1v) is 5.18. The lowest BCUT2D eigenvalue weighted by molar-refractivity contribution is 0.288. The van der Waals surface area contributed by atoms with E-state index in [-0.39, 0.29) is 18.0 Å². The van der Waals surface area contributed by atoms with Crippen LogP contribution in [0.2, 0.25) is 0 Å². The van der Waals surface area contributed by atoms with E-state index in [2.05, 4.69) is 0 Å². The Kier molecular flexibility index (Phi) is 3.41. The molecule has 2 rings (SSSR count). The van der Waals surface area contributed by atoms with E-state index in [1.54, 1.807) is 6.07 Å². The van der Waals surface area contributed by atoms with Crippen LogP contribution in [0.25, 0.3) is 0 Å². The van der Waals surface area contributed by atoms with E-state index in [1.807, 2.05) is 0 Å². The highest BCUT2D eigenvalue weighted by Gasteiger charge is 2.06. The van der Waals surface area contributed by atoms with Crippen molar-refractivity contribution in [3.8, 4) is 5.75 Å². The zero-order valence-electron chi connectivity index (χ0n) is 9.29. The Labute approximate surface area is 102 Å². The molecule has 0 saturated heterocycles. The summed E-state index contributed by atoms with van der Waals surface area (Å²) in [5.74, 6) is -2.06. The molecule has 0 atom stereocenters. The highest BCUT2D eigenvalue weighted by molar-refractivity contribution is 5.41. The van der Waals surface area contributed by atoms with Gasteiger partial charge in [0.05, 0.1) is 5.69 Å². The molecule has 0 heterocycles. The molecule has 2 aromatic rings. The van der Waals surface area contributed by atoms with Crippen molar-refractivity contribution in [3.63, 3.8) is 0 Å². The van der Waals surface area contributed by atoms with Gasteiger partial charge in [-0.15, -0.1) is 0 Å². The third-order valence-electron chi connectivity index (χ3n) is 2.35. The van der Waals surface area contributed by atoms with E-state index in [4.69, 9.17) is 10.5 Å². The van der Waals surface area contributed by atoms with Crippen LogP contribution in [0, 0.1) is 17.5 Å². The lowest BCUT2D eigenvalue weighted by Gasteiger charge is -2.08. The first-order valence-electron chi connectivity index (χ1n) is 5.18. The first kappa shape index (κ1) is 12.3. The number of benzene rings is 2. The summed E-state index contributed by atoms with van der Waals surface area (Å²) in [6.45, 7) is -0.0719. The smallest absolute Gasteiger partial charge is 0.165 e. The van der Waals surface area contributed by atoms with E-state index in [0.29, 0.717) is 5.56 Å². The maximum absolute atomic E-state index is 13.2. The topological polar surface area (TPSA) is 35.2 Å². The van der Waals surface area contributed by atoms with Gasteiger partial charge in [-0.1, -0.05) is 6.07 Å². The van der Waals surface area contributed by atoms with Crippen molar-refractivity contribution >= 4 is 5.69 Å². The molecule has 0 aliphatic carbocycles. The summed E-state index contributed by atoms with van der Waals surface area (Å²) in [4.78, 5) is 0. The molecule has 0 aromatic heterocycles. The molecule has 0 spiro atoms. The Bertz CT molecular complexity index is 572. The van der Waals surface area contributed by atoms with Crippen LogP contribution in [-0.2, 0) is 6.61 Å². The van der Waals surface area contributed by atoms with Crippen LogP contribution < -0.4 is 10.5 Å². The van der Waals surface area contributed by atoms with Gasteiger partial charge >= 0.3 is 0 Å². The van der Waals surface area contributed by atoms with Gasteiger partial charge in [0.15, 0.2) is 11.6 Å². The van der Waals surface area contributed by atoms with Crippen molar-refractivity contribution in [3.05, 3.63) is 59.4 Å². The average molecular weight is 253 g/mol. The van der Waals surface area contributed by atoms with Gasteiger partial charge in [-0.3, -0.25) is 0 Å². The van der Waals surface area contributed by atoms with E-state index in [1.165, 1.54) is 12.1 Å². The van der Waals surface area contributed by atoms with Crippen molar-refractivity contribution in [1.82, 2.24) is 0 Å². The zero-order valence-corrected chi connectivity index (χ0v) is 9.29. The van der Waals surface area contributed by atoms with Crippen molar-refractivity contribution < 1.29 is 17.9 Å². The third-order valence-corrected chi connectivity index (χ3v) is 2.35. The molecule has 94 valence electrons. The van der Waals surface area contributed by atoms with Crippen LogP contribution in [0.1, 0.15) is 5.56 Å². The van der Waals surface area contributed by atoms with E-state index in [0.717, 1.165) is 18.2 Å². The summed E-state index contributed by atoms with van der Waals surface area (Å²) in [6.07, 6.45) is 0. The fourth-order valence-corrected chi connectivity index (χ4v) is 1.41. The Hall–Kier alpha value is -2.17. The zero-order chi connectivity index (χ0) is 13.1. The summed E-state index contributed by atoms with van der Waals surface area (Å²) in [6, 6.07) is 7.01. The summed E-state index contributed by atoms with van der Waals surface area (Å²) >= 11 is 0. The lowest BCUT2D eigenvalue weighted by Crippen LogP contribution is -2.00. The van der Waals surface area contributed by atoms with E-state index >= 15 is 0 Å². The molecule has 0 amide bonds. The monoisotopic (exact) mass is 253 g/mol. The van der Waals surface area contributed by atoms with Crippen LogP contribution in [0.15, 0.2) is 36.4 Å². The van der Waals surface area contributed by atoms with Crippen LogP contribution >= 0.6 is 0 Å². The first-order chi connectivity index (χ1) is 8.56. The number of hydrogen-bond donors (Lipinski definition) is 1. The SMILES string of the molecule is Nc1ccc(COc2cc(F)ccc2F)cc1F. The number of halogens is 3. The maximum Gasteiger partial charge on any atom is 0.165 e. The number of ether oxygens (including phenoxy) is 1. The molecule has 5 heteroatoms. The minimum atomic E-state index is -0.674. The van der Waals surface area contributed by atoms with Gasteiger partial charge in [0.2, 0.25) is 0 Å². The van der Waals surface area contributed by atoms with E-state index < -0.39 is 17.5 Å². The van der Waals surface area contributed by atoms with Gasteiger partial charge < -0.3 is 10.5 Å². The van der Waals surface area contributed by atoms with Gasteiger partial charge in [0.1, 0.15) is 18.2 Å². The number of hydrogen-bond acceptors (Lipinski definition) is 2. The van der Waals surface area contributed by atoms with Crippen molar-refractivity contribution in [2.45, 2.75) is 6.61 Å². The highest BCUT2D eigenvalue weighted by atomic mass is 19.1. The molecule has 2 aromatic carbocycles. The predicted molar refractivity (Wildman–Crippen MR) is 61.5 cm³/mol. The van der Waals surface area contributed by atoms with Crippen LogP contribution in [-0.4, -0.2) is 0 Å². The van der Waals surface area contributed by atoms with Gasteiger partial charge in [-0.05, 0) is 29.8 Å². The standard InChI is InChI=1S/C13H10F3NO/c14-9-2-3-10(15)13(6-9)18-7-8-1-4-12(17)11(16)5-8/h1-6H,7,17H2. The minimum absolute atomic E-state index is 0.0238. The largest absolute Gasteiger partial charge is 0.486 e. The fraction of sp³-hybridized carbons (Fsp3) is 0.0769. The second kappa shape index (κ2) is 5.00. The van der Waals surface area contributed by atoms with Gasteiger partial charge in [0.25, 0.3) is 0 Å². The van der Waals surface area contributed by atoms with Crippen LogP contribution in [0.4, 0.5) is 18.9 Å². The van der Waals surface area contributed by atoms with Gasteiger partial charge in [-0.2, -0.15) is 0 Å². The number of anilines is 1. The molecule has 0 radical (unpaired) electrons. The summed E-state index contributed by atoms with van der Waals surface area (Å²) in [7, 11) is 0. The molecule has 2 N–H and O–H groups in total. The molecular formula is C13H10F3NO. The normalized spacial score (nSPS) is 10.4. The number of nitrogens with two attached hydrogens (primary N) is 1. The lowest BCUT2D eigenvalue weighted by atomic mass is 10.2. The predicted octanol–water partition coefficient (Wildman–Crippen LogP) is 3.27. The van der Waals surface area contributed by atoms with Crippen molar-refractivity contribution in [1.29, 1.82) is 0 Å². The van der Waals surface area contributed by atoms with Gasteiger partial charge in [0, 0.05) is 6.07 Å². The molecule has 2 nitrogen and oxygen atoms in total. The highest BCUT2D eigenvalue weighted by Crippen LogP contribution is 2.20. The molecule has 18 heavy (non-hydrogen) atoms. The molecule has 0 saturated carbocycles. The molecule has 0 aliphatic rings. The molecular weight excluding hydrogens is 243 g/mol. The Balaban J connectivity index is 2.11. The Morgan fingerprint density at radius 2 is 1.72 bits per heavy atom. The second-order valence-electron chi connectivity index (χ2n) is 3.72. The minimum Gasteiger partial charge on any atom is -0.486 e. The fourth-order valence-electron chi connectivity index (χ4n) is 1.41.